The smallest absolute Gasteiger partial charge is 0.313 e. The number of aryl methyl sites for hydroxylation is 1. The number of ketones is 1. The van der Waals surface area contributed by atoms with Crippen molar-refractivity contribution < 1.29 is 4.79 Å². The molecule has 20 heavy (non-hydrogen) atoms. The van der Waals surface area contributed by atoms with E-state index in [0.717, 1.165) is 24.8 Å². The fourth-order valence-electron chi connectivity index (χ4n) is 2.75. The summed E-state index contributed by atoms with van der Waals surface area (Å²) in [5, 5.41) is 1.98. The molecule has 0 fully saturated rings. The van der Waals surface area contributed by atoms with Gasteiger partial charge >= 0.3 is 5.69 Å². The second-order valence-corrected chi connectivity index (χ2v) is 5.95. The average Bonchev–Trinajstić information content (AvgIpc) is 2.87. The highest BCUT2D eigenvalue weighted by Gasteiger charge is 2.26. The van der Waals surface area contributed by atoms with Gasteiger partial charge in [0.1, 0.15) is 0 Å². The molecular weight excluding hydrogens is 276 g/mol. The van der Waals surface area contributed by atoms with Crippen molar-refractivity contribution in [3.05, 3.63) is 54.5 Å². The first-order valence-electron chi connectivity index (χ1n) is 6.51. The Kier molecular flexibility index (Phi) is 3.17. The highest BCUT2D eigenvalue weighted by atomic mass is 32.1. The Morgan fingerprint density at radius 3 is 3.00 bits per heavy atom. The largest absolute Gasteiger partial charge is 0.328 e. The van der Waals surface area contributed by atoms with E-state index in [9.17, 15) is 14.4 Å². The first-order chi connectivity index (χ1) is 9.59. The lowest BCUT2D eigenvalue weighted by Crippen LogP contribution is -2.41. The fourth-order valence-corrected chi connectivity index (χ4v) is 3.73. The highest BCUT2D eigenvalue weighted by molar-refractivity contribution is 7.10. The molecule has 1 aliphatic rings. The molecule has 0 spiro atoms. The summed E-state index contributed by atoms with van der Waals surface area (Å²) in [6.45, 7) is 1.33. The van der Waals surface area contributed by atoms with Gasteiger partial charge in [0.15, 0.2) is 5.78 Å². The van der Waals surface area contributed by atoms with Crippen LogP contribution >= 0.6 is 11.3 Å². The van der Waals surface area contributed by atoms with Crippen LogP contribution in [0.2, 0.25) is 0 Å². The van der Waals surface area contributed by atoms with Crippen LogP contribution in [-0.2, 0) is 6.42 Å². The van der Waals surface area contributed by atoms with Crippen molar-refractivity contribution in [3.63, 3.8) is 0 Å². The quantitative estimate of drug-likeness (QED) is 0.856. The minimum absolute atomic E-state index is 0.0342. The fraction of sp³-hybridized carbons (Fsp3) is 0.357. The molecule has 0 aliphatic heterocycles. The van der Waals surface area contributed by atoms with Crippen LogP contribution in [0.5, 0.6) is 0 Å². The van der Waals surface area contributed by atoms with Gasteiger partial charge in [-0.2, -0.15) is 0 Å². The van der Waals surface area contributed by atoms with Gasteiger partial charge in [0, 0.05) is 11.1 Å². The number of rotatable bonds is 2. The van der Waals surface area contributed by atoms with Crippen LogP contribution < -0.4 is 11.2 Å². The zero-order valence-corrected chi connectivity index (χ0v) is 11.8. The zero-order valence-electron chi connectivity index (χ0n) is 11.0. The molecule has 6 heteroatoms. The van der Waals surface area contributed by atoms with Crippen LogP contribution in [0.1, 0.15) is 46.6 Å². The molecule has 0 radical (unpaired) electrons. The number of hydrogen-bond donors (Lipinski definition) is 1. The van der Waals surface area contributed by atoms with Gasteiger partial charge < -0.3 is 4.98 Å². The zero-order chi connectivity index (χ0) is 14.3. The maximum atomic E-state index is 12.4. The number of aromatic amines is 1. The lowest BCUT2D eigenvalue weighted by Gasteiger charge is -2.24. The molecule has 3 rings (SSSR count). The predicted molar refractivity (Wildman–Crippen MR) is 76.7 cm³/mol. The Balaban J connectivity index is 2.22. The maximum Gasteiger partial charge on any atom is 0.328 e. The maximum absolute atomic E-state index is 12.4. The van der Waals surface area contributed by atoms with Crippen LogP contribution in [-0.4, -0.2) is 15.3 Å². The van der Waals surface area contributed by atoms with Gasteiger partial charge in [0.05, 0.1) is 11.6 Å². The van der Waals surface area contributed by atoms with Gasteiger partial charge in [-0.3, -0.25) is 14.2 Å². The van der Waals surface area contributed by atoms with Crippen LogP contribution in [0.4, 0.5) is 0 Å². The summed E-state index contributed by atoms with van der Waals surface area (Å²) < 4.78 is 1.20. The van der Waals surface area contributed by atoms with E-state index in [1.165, 1.54) is 22.6 Å². The molecule has 2 heterocycles. The first kappa shape index (κ1) is 13.1. The van der Waals surface area contributed by atoms with Crippen molar-refractivity contribution in [1.82, 2.24) is 9.55 Å². The van der Waals surface area contributed by atoms with E-state index in [1.807, 2.05) is 11.4 Å². The van der Waals surface area contributed by atoms with Crippen molar-refractivity contribution in [2.75, 3.05) is 0 Å². The number of aromatic nitrogens is 2. The van der Waals surface area contributed by atoms with Gasteiger partial charge in [-0.05, 0) is 43.2 Å². The monoisotopic (exact) mass is 290 g/mol. The summed E-state index contributed by atoms with van der Waals surface area (Å²) in [6, 6.07) is 1.71. The van der Waals surface area contributed by atoms with Gasteiger partial charge in [-0.15, -0.1) is 11.3 Å². The number of nitrogens with zero attached hydrogens (tertiary/aromatic N) is 1. The van der Waals surface area contributed by atoms with Crippen LogP contribution in [0.15, 0.2) is 27.2 Å². The normalized spacial score (nSPS) is 17.8. The Morgan fingerprint density at radius 1 is 1.45 bits per heavy atom. The summed E-state index contributed by atoms with van der Waals surface area (Å²) in [5.74, 6) is -0.332. The van der Waals surface area contributed by atoms with Crippen molar-refractivity contribution in [2.45, 2.75) is 32.2 Å². The van der Waals surface area contributed by atoms with Gasteiger partial charge in [-0.1, -0.05) is 0 Å². The average molecular weight is 290 g/mol. The van der Waals surface area contributed by atoms with Crippen molar-refractivity contribution in [2.24, 2.45) is 0 Å². The van der Waals surface area contributed by atoms with Crippen molar-refractivity contribution >= 4 is 17.1 Å². The Hall–Kier alpha value is -1.95. The Labute approximate surface area is 118 Å². The molecule has 5 nitrogen and oxygen atoms in total. The van der Waals surface area contributed by atoms with Crippen LogP contribution in [0, 0.1) is 0 Å². The third-order valence-corrected chi connectivity index (χ3v) is 4.72. The number of H-pyrrole nitrogens is 1. The summed E-state index contributed by atoms with van der Waals surface area (Å²) in [5.41, 5.74) is 0.121. The number of carbonyl (C=O) groups excluding carboxylic acids is 1. The van der Waals surface area contributed by atoms with E-state index in [1.54, 1.807) is 11.3 Å². The van der Waals surface area contributed by atoms with Gasteiger partial charge in [0.25, 0.3) is 5.56 Å². The Morgan fingerprint density at radius 2 is 2.25 bits per heavy atom. The summed E-state index contributed by atoms with van der Waals surface area (Å²) >= 11 is 1.65. The molecule has 1 atom stereocenters. The molecule has 0 aromatic carbocycles. The number of nitrogens with one attached hydrogen (secondary N) is 1. The summed E-state index contributed by atoms with van der Waals surface area (Å²) in [7, 11) is 0. The molecule has 0 saturated heterocycles. The number of carbonyl (C=O) groups is 1. The van der Waals surface area contributed by atoms with Crippen LogP contribution in [0.25, 0.3) is 0 Å². The number of hydrogen-bond acceptors (Lipinski definition) is 4. The standard InChI is InChI=1S/C14H14N2O3S/c1-8(17)10-7-15-14(19)16(13(10)18)11-3-2-4-12-9(11)5-6-20-12/h5-7,11H,2-4H2,1H3,(H,15,19). The predicted octanol–water partition coefficient (Wildman–Crippen LogP) is 1.73. The minimum Gasteiger partial charge on any atom is -0.313 e. The Bertz CT molecular complexity index is 784. The number of thiophene rings is 1. The molecule has 1 unspecified atom stereocenters. The highest BCUT2D eigenvalue weighted by Crippen LogP contribution is 2.34. The SMILES string of the molecule is CC(=O)c1c[nH]c(=O)n(C2CCCc3sccc32)c1=O. The first-order valence-corrected chi connectivity index (χ1v) is 7.39. The third-order valence-electron chi connectivity index (χ3n) is 3.72. The topological polar surface area (TPSA) is 71.9 Å². The lowest BCUT2D eigenvalue weighted by atomic mass is 9.93. The van der Waals surface area contributed by atoms with Crippen molar-refractivity contribution in [3.8, 4) is 0 Å². The van der Waals surface area contributed by atoms with Crippen LogP contribution in [0.3, 0.4) is 0 Å². The number of fused-ring (bicyclic) bond motifs is 1. The second kappa shape index (κ2) is 4.86. The van der Waals surface area contributed by atoms with E-state index >= 15 is 0 Å². The van der Waals surface area contributed by atoms with E-state index in [2.05, 4.69) is 4.98 Å². The third kappa shape index (κ3) is 1.96. The molecule has 0 bridgehead atoms. The molecule has 1 aliphatic carbocycles. The second-order valence-electron chi connectivity index (χ2n) is 4.95. The minimum atomic E-state index is -0.495. The van der Waals surface area contributed by atoms with E-state index < -0.39 is 11.2 Å². The summed E-state index contributed by atoms with van der Waals surface area (Å²) in [4.78, 5) is 39.6. The molecule has 2 aromatic heterocycles. The van der Waals surface area contributed by atoms with Gasteiger partial charge in [-0.25, -0.2) is 4.79 Å². The van der Waals surface area contributed by atoms with E-state index in [4.69, 9.17) is 0 Å². The molecule has 2 aromatic rings. The molecule has 1 N–H and O–H groups in total. The lowest BCUT2D eigenvalue weighted by molar-refractivity contribution is 0.101. The molecule has 0 amide bonds. The summed E-state index contributed by atoms with van der Waals surface area (Å²) in [6.07, 6.45) is 3.88. The number of Topliss-reactive ketones (excluding diaryl/α,β-unsaturated/α-hetero) is 1. The van der Waals surface area contributed by atoms with E-state index in [0.29, 0.717) is 0 Å². The molecule has 0 saturated carbocycles. The van der Waals surface area contributed by atoms with E-state index in [-0.39, 0.29) is 17.4 Å². The van der Waals surface area contributed by atoms with Crippen molar-refractivity contribution in [1.29, 1.82) is 0 Å². The van der Waals surface area contributed by atoms with Gasteiger partial charge in [0.2, 0.25) is 0 Å². The molecular formula is C14H14N2O3S. The molecule has 104 valence electrons.